The van der Waals surface area contributed by atoms with E-state index in [1.165, 1.54) is 4.90 Å². The van der Waals surface area contributed by atoms with Crippen LogP contribution in [0.15, 0.2) is 24.3 Å². The molecular weight excluding hydrogens is 274 g/mol. The Morgan fingerprint density at radius 3 is 2.85 bits per heavy atom. The molecule has 1 aromatic rings. The Kier molecular flexibility index (Phi) is 4.34. The molecule has 0 spiro atoms. The normalized spacial score (nSPS) is 17.2. The number of nitrogens with two attached hydrogens (primary N) is 1. The van der Waals surface area contributed by atoms with Crippen LogP contribution in [0.25, 0.3) is 0 Å². The first-order chi connectivity index (χ1) is 9.49. The molecule has 5 nitrogen and oxygen atoms in total. The number of amides is 2. The van der Waals surface area contributed by atoms with E-state index >= 15 is 0 Å². The van der Waals surface area contributed by atoms with Gasteiger partial charge >= 0.3 is 11.8 Å². The van der Waals surface area contributed by atoms with Gasteiger partial charge in [0.05, 0.1) is 11.5 Å². The van der Waals surface area contributed by atoms with Crippen molar-refractivity contribution in [1.82, 2.24) is 5.32 Å². The van der Waals surface area contributed by atoms with Crippen molar-refractivity contribution in [3.05, 3.63) is 29.8 Å². The molecule has 1 aromatic carbocycles. The van der Waals surface area contributed by atoms with Crippen molar-refractivity contribution < 1.29 is 9.59 Å². The minimum atomic E-state index is -0.679. The van der Waals surface area contributed by atoms with Crippen LogP contribution in [-0.2, 0) is 16.0 Å². The molecule has 20 heavy (non-hydrogen) atoms. The van der Waals surface area contributed by atoms with E-state index in [2.05, 4.69) is 24.5 Å². The van der Waals surface area contributed by atoms with Gasteiger partial charge in [-0.15, -0.1) is 0 Å². The van der Waals surface area contributed by atoms with Crippen LogP contribution in [0, 0.1) is 5.92 Å². The van der Waals surface area contributed by atoms with Crippen LogP contribution in [0.1, 0.15) is 12.5 Å². The van der Waals surface area contributed by atoms with Gasteiger partial charge in [-0.3, -0.25) is 9.59 Å². The number of carbonyl (C=O) groups excluding carboxylic acids is 2. The molecule has 0 saturated heterocycles. The summed E-state index contributed by atoms with van der Waals surface area (Å²) in [6.07, 6.45) is 0.911. The quantitative estimate of drug-likeness (QED) is 0.618. The molecule has 2 rings (SSSR count). The molecule has 0 radical (unpaired) electrons. The molecule has 0 aliphatic carbocycles. The maximum atomic E-state index is 12.2. The number of rotatable bonds is 2. The topological polar surface area (TPSA) is 75.4 Å². The van der Waals surface area contributed by atoms with E-state index < -0.39 is 11.8 Å². The zero-order valence-corrected chi connectivity index (χ0v) is 12.1. The average molecular weight is 291 g/mol. The number of carbonyl (C=O) groups is 2. The molecule has 1 aliphatic heterocycles. The molecule has 3 N–H and O–H groups in total. The summed E-state index contributed by atoms with van der Waals surface area (Å²) in [5.74, 6) is -0.931. The highest BCUT2D eigenvalue weighted by molar-refractivity contribution is 7.80. The van der Waals surface area contributed by atoms with Gasteiger partial charge in [0.15, 0.2) is 0 Å². The second-order valence-electron chi connectivity index (χ2n) is 5.00. The van der Waals surface area contributed by atoms with Crippen molar-refractivity contribution in [2.24, 2.45) is 11.7 Å². The van der Waals surface area contributed by atoms with Gasteiger partial charge in [-0.1, -0.05) is 37.3 Å². The first-order valence-electron chi connectivity index (χ1n) is 6.45. The maximum Gasteiger partial charge on any atom is 0.316 e. The smallest absolute Gasteiger partial charge is 0.316 e. The molecule has 0 fully saturated rings. The fourth-order valence-electron chi connectivity index (χ4n) is 2.35. The van der Waals surface area contributed by atoms with Gasteiger partial charge in [0, 0.05) is 12.2 Å². The third-order valence-electron chi connectivity index (χ3n) is 3.21. The summed E-state index contributed by atoms with van der Waals surface area (Å²) in [7, 11) is 0. The predicted octanol–water partition coefficient (Wildman–Crippen LogP) is 0.614. The lowest BCUT2D eigenvalue weighted by atomic mass is 9.94. The number of hydrogen-bond donors (Lipinski definition) is 2. The summed E-state index contributed by atoms with van der Waals surface area (Å²) in [4.78, 5) is 25.8. The van der Waals surface area contributed by atoms with E-state index in [9.17, 15) is 9.59 Å². The van der Waals surface area contributed by atoms with Gasteiger partial charge in [0.25, 0.3) is 0 Å². The summed E-state index contributed by atoms with van der Waals surface area (Å²) >= 11 is 4.68. The molecule has 1 heterocycles. The van der Waals surface area contributed by atoms with Gasteiger partial charge in [0.1, 0.15) is 0 Å². The molecule has 0 bridgehead atoms. The van der Waals surface area contributed by atoms with Gasteiger partial charge in [-0.05, 0) is 24.0 Å². The minimum absolute atomic E-state index is 0.0327. The largest absolute Gasteiger partial charge is 0.392 e. The van der Waals surface area contributed by atoms with E-state index in [-0.39, 0.29) is 11.5 Å². The predicted molar refractivity (Wildman–Crippen MR) is 81.5 cm³/mol. The number of hydrogen-bond acceptors (Lipinski definition) is 3. The van der Waals surface area contributed by atoms with Gasteiger partial charge in [0.2, 0.25) is 0 Å². The first-order valence-corrected chi connectivity index (χ1v) is 6.85. The zero-order chi connectivity index (χ0) is 14.7. The van der Waals surface area contributed by atoms with Crippen molar-refractivity contribution in [2.45, 2.75) is 13.3 Å². The fraction of sp³-hybridized carbons (Fsp3) is 0.357. The second-order valence-corrected chi connectivity index (χ2v) is 5.53. The lowest BCUT2D eigenvalue weighted by Gasteiger charge is -2.32. The van der Waals surface area contributed by atoms with E-state index in [1.54, 1.807) is 0 Å². The van der Waals surface area contributed by atoms with Crippen molar-refractivity contribution >= 4 is 34.7 Å². The Hall–Kier alpha value is -1.95. The summed E-state index contributed by atoms with van der Waals surface area (Å²) < 4.78 is 0. The van der Waals surface area contributed by atoms with Gasteiger partial charge in [-0.25, -0.2) is 0 Å². The lowest BCUT2D eigenvalue weighted by Crippen LogP contribution is -2.48. The Labute approximate surface area is 123 Å². The maximum absolute atomic E-state index is 12.2. The highest BCUT2D eigenvalue weighted by atomic mass is 32.1. The molecule has 0 aromatic heterocycles. The fourth-order valence-corrected chi connectivity index (χ4v) is 2.43. The number of anilines is 1. The summed E-state index contributed by atoms with van der Waals surface area (Å²) in [5, 5.41) is 2.43. The molecule has 106 valence electrons. The number of thiocarbonyl (C=S) groups is 1. The Morgan fingerprint density at radius 1 is 1.45 bits per heavy atom. The highest BCUT2D eigenvalue weighted by Crippen LogP contribution is 2.29. The molecule has 6 heteroatoms. The van der Waals surface area contributed by atoms with E-state index in [0.29, 0.717) is 12.5 Å². The molecule has 1 aliphatic rings. The van der Waals surface area contributed by atoms with E-state index in [1.807, 2.05) is 24.3 Å². The van der Waals surface area contributed by atoms with Crippen LogP contribution in [0.4, 0.5) is 5.69 Å². The molecule has 1 atom stereocenters. The van der Waals surface area contributed by atoms with Gasteiger partial charge in [-0.2, -0.15) is 0 Å². The number of para-hydroxylation sites is 1. The third kappa shape index (κ3) is 3.14. The average Bonchev–Trinajstić information content (AvgIpc) is 2.42. The van der Waals surface area contributed by atoms with Crippen molar-refractivity contribution in [3.63, 3.8) is 0 Å². The van der Waals surface area contributed by atoms with Crippen LogP contribution < -0.4 is 16.0 Å². The molecule has 1 unspecified atom stereocenters. The summed E-state index contributed by atoms with van der Waals surface area (Å²) in [6, 6.07) is 7.65. The lowest BCUT2D eigenvalue weighted by molar-refractivity contribution is -0.137. The van der Waals surface area contributed by atoms with Gasteiger partial charge < -0.3 is 16.0 Å². The monoisotopic (exact) mass is 291 g/mol. The standard InChI is InChI=1S/C14H17N3O2S/c1-9-6-10-4-2-3-5-11(10)17(8-9)14(19)13(18)16-7-12(15)20/h2-5,9H,6-8H2,1H3,(H2,15,20)(H,16,18). The first kappa shape index (κ1) is 14.5. The zero-order valence-electron chi connectivity index (χ0n) is 11.3. The minimum Gasteiger partial charge on any atom is -0.392 e. The van der Waals surface area contributed by atoms with Crippen LogP contribution in [0.2, 0.25) is 0 Å². The third-order valence-corrected chi connectivity index (χ3v) is 3.35. The summed E-state index contributed by atoms with van der Waals surface area (Å²) in [6.45, 7) is 2.63. The van der Waals surface area contributed by atoms with Crippen molar-refractivity contribution in [1.29, 1.82) is 0 Å². The number of nitrogens with zero attached hydrogens (tertiary/aromatic N) is 1. The SMILES string of the molecule is CC1Cc2ccccc2N(C(=O)C(=O)NCC(N)=S)C1. The number of nitrogens with one attached hydrogen (secondary N) is 1. The Morgan fingerprint density at radius 2 is 2.15 bits per heavy atom. The second kappa shape index (κ2) is 6.00. The van der Waals surface area contributed by atoms with Crippen molar-refractivity contribution in [2.75, 3.05) is 18.0 Å². The van der Waals surface area contributed by atoms with Crippen molar-refractivity contribution in [3.8, 4) is 0 Å². The van der Waals surface area contributed by atoms with E-state index in [4.69, 9.17) is 5.73 Å². The molecule has 2 amide bonds. The van der Waals surface area contributed by atoms with Crippen LogP contribution in [0.5, 0.6) is 0 Å². The number of benzene rings is 1. The molecule has 0 saturated carbocycles. The molecular formula is C14H17N3O2S. The summed E-state index contributed by atoms with van der Waals surface area (Å²) in [5.41, 5.74) is 7.20. The van der Waals surface area contributed by atoms with E-state index in [0.717, 1.165) is 17.7 Å². The Bertz CT molecular complexity index is 559. The Balaban J connectivity index is 2.18. The van der Waals surface area contributed by atoms with Crippen LogP contribution in [0.3, 0.4) is 0 Å². The van der Waals surface area contributed by atoms with Crippen LogP contribution >= 0.6 is 12.2 Å². The highest BCUT2D eigenvalue weighted by Gasteiger charge is 2.29. The number of fused-ring (bicyclic) bond motifs is 1. The van der Waals surface area contributed by atoms with Crippen LogP contribution in [-0.4, -0.2) is 29.9 Å².